The number of thiophene rings is 1. The molecule has 7 aromatic rings. The number of hydrogen-bond acceptors (Lipinski definition) is 3. The van der Waals surface area contributed by atoms with Crippen LogP contribution >= 0.6 is 11.3 Å². The predicted molar refractivity (Wildman–Crippen MR) is 188 cm³/mol. The summed E-state index contributed by atoms with van der Waals surface area (Å²) in [6, 6.07) is 42.3. The van der Waals surface area contributed by atoms with Crippen molar-refractivity contribution in [2.45, 2.75) is 33.5 Å². The van der Waals surface area contributed by atoms with E-state index in [1.165, 1.54) is 47.6 Å². The van der Waals surface area contributed by atoms with Crippen LogP contribution in [0, 0.1) is 26.0 Å². The molecule has 5 heteroatoms. The van der Waals surface area contributed by atoms with E-state index in [0.29, 0.717) is 0 Å². The maximum Gasteiger partial charge on any atom is 0.0798 e. The zero-order valence-electron chi connectivity index (χ0n) is 25.6. The van der Waals surface area contributed by atoms with Crippen molar-refractivity contribution in [3.8, 4) is 33.6 Å². The third kappa shape index (κ3) is 6.67. The van der Waals surface area contributed by atoms with E-state index in [2.05, 4.69) is 135 Å². The predicted octanol–water partition coefficient (Wildman–Crippen LogP) is 10.3. The number of aryl methyl sites for hydroxylation is 2. The Balaban J connectivity index is 0.000000187. The number of benzene rings is 4. The summed E-state index contributed by atoms with van der Waals surface area (Å²) in [5, 5.41) is 4.04. The number of hydrogen-bond donors (Lipinski definition) is 0. The summed E-state index contributed by atoms with van der Waals surface area (Å²) in [6.45, 7) is 11.3. The molecule has 3 heterocycles. The van der Waals surface area contributed by atoms with Gasteiger partial charge < -0.3 is 9.97 Å². The summed E-state index contributed by atoms with van der Waals surface area (Å²) >= 11 is 1.83. The van der Waals surface area contributed by atoms with E-state index in [4.69, 9.17) is 0 Å². The van der Waals surface area contributed by atoms with Crippen LogP contribution in [0.5, 0.6) is 0 Å². The molecule has 7 rings (SSSR count). The fourth-order valence-corrected chi connectivity index (χ4v) is 8.49. The molecule has 0 saturated heterocycles. The van der Waals surface area contributed by atoms with Gasteiger partial charge in [-0.15, -0.1) is 59.7 Å². The Hall–Kier alpha value is -3.73. The first kappa shape index (κ1) is 31.7. The van der Waals surface area contributed by atoms with Gasteiger partial charge in [0, 0.05) is 37.2 Å². The molecule has 0 N–H and O–H groups in total. The van der Waals surface area contributed by atoms with Crippen LogP contribution in [0.4, 0.5) is 0 Å². The minimum atomic E-state index is -1.27. The van der Waals surface area contributed by atoms with Crippen molar-refractivity contribution in [3.05, 3.63) is 139 Å². The molecule has 2 nitrogen and oxygen atoms in total. The van der Waals surface area contributed by atoms with Crippen LogP contribution in [0.2, 0.25) is 19.6 Å². The fourth-order valence-electron chi connectivity index (χ4n) is 5.55. The maximum absolute atomic E-state index is 4.59. The quantitative estimate of drug-likeness (QED) is 0.131. The molecule has 4 aromatic carbocycles. The number of rotatable bonds is 4. The molecular formula is C39H34IrN2SSi-2. The first-order valence-corrected chi connectivity index (χ1v) is 18.9. The van der Waals surface area contributed by atoms with E-state index in [1.54, 1.807) is 0 Å². The Morgan fingerprint density at radius 3 is 2.23 bits per heavy atom. The van der Waals surface area contributed by atoms with E-state index in [9.17, 15) is 0 Å². The molecule has 221 valence electrons. The van der Waals surface area contributed by atoms with Gasteiger partial charge >= 0.3 is 0 Å². The fraction of sp³-hybridized carbons (Fsp3) is 0.128. The molecule has 0 bridgehead atoms. The molecule has 0 aliphatic heterocycles. The second kappa shape index (κ2) is 13.5. The molecule has 0 unspecified atom stereocenters. The van der Waals surface area contributed by atoms with E-state index >= 15 is 0 Å². The summed E-state index contributed by atoms with van der Waals surface area (Å²) in [5.41, 5.74) is 9.26. The standard InChI is InChI=1S/C24H16NS.C15H18NSi.Ir/c1-16-13-14-25-21(15-16)19-10-5-11-20-23-18(17-7-3-2-4-8-17)9-6-12-22(23)26-24(19)20;1-12-10-14(13-8-6-5-7-9-13)16-11-15(12)17(2,3)4;/h2-9,11-15H,1H3;5-8,10-11H,1-4H3;/q2*-1;. The molecule has 1 radical (unpaired) electrons. The molecule has 0 atom stereocenters. The van der Waals surface area contributed by atoms with Crippen molar-refractivity contribution < 1.29 is 20.1 Å². The van der Waals surface area contributed by atoms with Gasteiger partial charge in [-0.1, -0.05) is 90.8 Å². The molecule has 0 aliphatic rings. The van der Waals surface area contributed by atoms with Crippen molar-refractivity contribution in [1.82, 2.24) is 9.97 Å². The van der Waals surface area contributed by atoms with Crippen LogP contribution in [-0.2, 0) is 20.1 Å². The average molecular weight is 783 g/mol. The first-order valence-electron chi connectivity index (χ1n) is 14.6. The minimum absolute atomic E-state index is 0. The Kier molecular flexibility index (Phi) is 9.72. The zero-order chi connectivity index (χ0) is 30.0. The van der Waals surface area contributed by atoms with Crippen molar-refractivity contribution in [3.63, 3.8) is 0 Å². The summed E-state index contributed by atoms with van der Waals surface area (Å²) in [7, 11) is -1.27. The summed E-state index contributed by atoms with van der Waals surface area (Å²) in [6.07, 6.45) is 3.93. The second-order valence-corrected chi connectivity index (χ2v) is 18.0. The molecule has 44 heavy (non-hydrogen) atoms. The van der Waals surface area contributed by atoms with Gasteiger partial charge in [0.2, 0.25) is 0 Å². The van der Waals surface area contributed by atoms with E-state index in [0.717, 1.165) is 22.5 Å². The molecule has 0 aliphatic carbocycles. The van der Waals surface area contributed by atoms with E-state index < -0.39 is 8.07 Å². The molecule has 0 fully saturated rings. The first-order chi connectivity index (χ1) is 20.8. The van der Waals surface area contributed by atoms with Crippen molar-refractivity contribution >= 4 is 44.8 Å². The van der Waals surface area contributed by atoms with Gasteiger partial charge in [-0.2, -0.15) is 11.3 Å². The second-order valence-electron chi connectivity index (χ2n) is 11.9. The van der Waals surface area contributed by atoms with Crippen LogP contribution in [0.25, 0.3) is 53.8 Å². The SMILES string of the molecule is Cc1cc(-c2[c-]cccc2)ncc1[Si](C)(C)C.Cc1ccnc(-c2[c-]ccc3c2sc2cccc(-c4ccccc4)c23)c1.[Ir]. The van der Waals surface area contributed by atoms with Crippen LogP contribution in [0.1, 0.15) is 11.1 Å². The number of nitrogens with zero attached hydrogens (tertiary/aromatic N) is 2. The van der Waals surface area contributed by atoms with Gasteiger partial charge in [-0.05, 0) is 63.8 Å². The van der Waals surface area contributed by atoms with E-state index in [1.807, 2.05) is 47.9 Å². The van der Waals surface area contributed by atoms with Gasteiger partial charge in [0.05, 0.1) is 8.07 Å². The van der Waals surface area contributed by atoms with E-state index in [-0.39, 0.29) is 20.1 Å². The van der Waals surface area contributed by atoms with Crippen molar-refractivity contribution in [2.75, 3.05) is 0 Å². The Bertz CT molecular complexity index is 2030. The molecule has 0 saturated carbocycles. The Morgan fingerprint density at radius 2 is 1.52 bits per heavy atom. The number of pyridine rings is 2. The van der Waals surface area contributed by atoms with Gasteiger partial charge in [-0.3, -0.25) is 0 Å². The van der Waals surface area contributed by atoms with Gasteiger partial charge in [0.25, 0.3) is 0 Å². The van der Waals surface area contributed by atoms with Gasteiger partial charge in [-0.25, -0.2) is 0 Å². The Morgan fingerprint density at radius 1 is 0.727 bits per heavy atom. The summed E-state index contributed by atoms with van der Waals surface area (Å²) < 4.78 is 2.55. The maximum atomic E-state index is 4.59. The monoisotopic (exact) mass is 783 g/mol. The topological polar surface area (TPSA) is 25.8 Å². The largest absolute Gasteiger partial charge is 0.305 e. The van der Waals surface area contributed by atoms with Crippen LogP contribution in [0.3, 0.4) is 0 Å². The molecular weight excluding hydrogens is 749 g/mol. The van der Waals surface area contributed by atoms with Gasteiger partial charge in [0.15, 0.2) is 0 Å². The zero-order valence-corrected chi connectivity index (χ0v) is 29.8. The minimum Gasteiger partial charge on any atom is -0.305 e. The third-order valence-electron chi connectivity index (χ3n) is 7.62. The Labute approximate surface area is 279 Å². The van der Waals surface area contributed by atoms with Gasteiger partial charge in [0.1, 0.15) is 0 Å². The third-order valence-corrected chi connectivity index (χ3v) is 10.9. The molecule has 0 amide bonds. The normalized spacial score (nSPS) is 11.1. The molecule has 0 spiro atoms. The van der Waals surface area contributed by atoms with Crippen molar-refractivity contribution in [1.29, 1.82) is 0 Å². The van der Waals surface area contributed by atoms with Crippen LogP contribution < -0.4 is 5.19 Å². The van der Waals surface area contributed by atoms with Crippen LogP contribution in [-0.4, -0.2) is 18.0 Å². The van der Waals surface area contributed by atoms with Crippen molar-refractivity contribution in [2.24, 2.45) is 0 Å². The number of fused-ring (bicyclic) bond motifs is 3. The summed E-state index contributed by atoms with van der Waals surface area (Å²) in [5.74, 6) is 0. The molecule has 3 aromatic heterocycles. The van der Waals surface area contributed by atoms with Crippen LogP contribution in [0.15, 0.2) is 116 Å². The average Bonchev–Trinajstić information content (AvgIpc) is 3.41. The summed E-state index contributed by atoms with van der Waals surface area (Å²) in [4.78, 5) is 9.17. The number of aromatic nitrogens is 2. The smallest absolute Gasteiger partial charge is 0.0798 e.